The molecule has 15 heavy (non-hydrogen) atoms. The van der Waals surface area contributed by atoms with Gasteiger partial charge >= 0.3 is 0 Å². The Bertz CT molecular complexity index is 293. The highest BCUT2D eigenvalue weighted by molar-refractivity contribution is 4.90. The Morgan fingerprint density at radius 2 is 2.13 bits per heavy atom. The van der Waals surface area contributed by atoms with Crippen LogP contribution >= 0.6 is 0 Å². The summed E-state index contributed by atoms with van der Waals surface area (Å²) < 4.78 is 1.86. The molecule has 0 spiro atoms. The standard InChI is InChI=1S/C11H20N4/c1-9-13-11(14-15(9)2)4-3-10-5-7-12-8-6-10/h10,12H,3-8H2,1-2H3. The predicted octanol–water partition coefficient (Wildman–Crippen LogP) is 1.06. The van der Waals surface area contributed by atoms with E-state index in [1.807, 2.05) is 18.7 Å². The van der Waals surface area contributed by atoms with Gasteiger partial charge < -0.3 is 5.32 Å². The molecule has 0 atom stereocenters. The van der Waals surface area contributed by atoms with Crippen LogP contribution in [0.4, 0.5) is 0 Å². The molecular formula is C11H20N4. The Morgan fingerprint density at radius 1 is 1.40 bits per heavy atom. The highest BCUT2D eigenvalue weighted by atomic mass is 15.3. The Balaban J connectivity index is 1.81. The minimum absolute atomic E-state index is 0.871. The number of nitrogens with one attached hydrogen (secondary N) is 1. The van der Waals surface area contributed by atoms with Crippen molar-refractivity contribution in [2.75, 3.05) is 13.1 Å². The summed E-state index contributed by atoms with van der Waals surface area (Å²) in [6, 6.07) is 0. The molecule has 4 heteroatoms. The third-order valence-corrected chi connectivity index (χ3v) is 3.26. The highest BCUT2D eigenvalue weighted by Crippen LogP contribution is 2.17. The van der Waals surface area contributed by atoms with Crippen LogP contribution in [-0.2, 0) is 13.5 Å². The molecule has 4 nitrogen and oxygen atoms in total. The molecule has 1 aliphatic heterocycles. The summed E-state index contributed by atoms with van der Waals surface area (Å²) in [5, 5.41) is 7.78. The van der Waals surface area contributed by atoms with Crippen LogP contribution in [0.25, 0.3) is 0 Å². The number of hydrogen-bond donors (Lipinski definition) is 1. The van der Waals surface area contributed by atoms with Gasteiger partial charge in [-0.2, -0.15) is 5.10 Å². The number of rotatable bonds is 3. The lowest BCUT2D eigenvalue weighted by atomic mass is 9.93. The van der Waals surface area contributed by atoms with Crippen molar-refractivity contribution in [1.82, 2.24) is 20.1 Å². The van der Waals surface area contributed by atoms with E-state index in [4.69, 9.17) is 0 Å². The van der Waals surface area contributed by atoms with Crippen molar-refractivity contribution in [3.63, 3.8) is 0 Å². The molecule has 1 aromatic rings. The van der Waals surface area contributed by atoms with Gasteiger partial charge in [-0.25, -0.2) is 4.98 Å². The lowest BCUT2D eigenvalue weighted by Gasteiger charge is -2.21. The summed E-state index contributed by atoms with van der Waals surface area (Å²) >= 11 is 0. The summed E-state index contributed by atoms with van der Waals surface area (Å²) in [5.74, 6) is 2.89. The predicted molar refractivity (Wildman–Crippen MR) is 59.7 cm³/mol. The number of piperidine rings is 1. The Hall–Kier alpha value is -0.900. The van der Waals surface area contributed by atoms with Crippen LogP contribution < -0.4 is 5.32 Å². The highest BCUT2D eigenvalue weighted by Gasteiger charge is 2.14. The quantitative estimate of drug-likeness (QED) is 0.807. The molecule has 0 saturated carbocycles. The topological polar surface area (TPSA) is 42.7 Å². The van der Waals surface area contributed by atoms with Gasteiger partial charge in [0.05, 0.1) is 0 Å². The summed E-state index contributed by atoms with van der Waals surface area (Å²) in [4.78, 5) is 4.43. The lowest BCUT2D eigenvalue weighted by Crippen LogP contribution is -2.27. The van der Waals surface area contributed by atoms with Gasteiger partial charge in [-0.3, -0.25) is 4.68 Å². The molecule has 2 rings (SSSR count). The first-order chi connectivity index (χ1) is 7.25. The van der Waals surface area contributed by atoms with Crippen molar-refractivity contribution >= 4 is 0 Å². The van der Waals surface area contributed by atoms with E-state index in [0.717, 1.165) is 24.0 Å². The molecule has 1 saturated heterocycles. The molecule has 0 bridgehead atoms. The molecule has 0 unspecified atom stereocenters. The minimum atomic E-state index is 0.871. The zero-order valence-corrected chi connectivity index (χ0v) is 9.66. The van der Waals surface area contributed by atoms with E-state index in [-0.39, 0.29) is 0 Å². The van der Waals surface area contributed by atoms with Crippen LogP contribution in [0.1, 0.15) is 30.9 Å². The monoisotopic (exact) mass is 208 g/mol. The minimum Gasteiger partial charge on any atom is -0.317 e. The zero-order valence-electron chi connectivity index (χ0n) is 9.66. The van der Waals surface area contributed by atoms with Crippen molar-refractivity contribution in [2.45, 2.75) is 32.6 Å². The number of aryl methyl sites for hydroxylation is 3. The summed E-state index contributed by atoms with van der Waals surface area (Å²) in [7, 11) is 1.95. The SMILES string of the molecule is Cc1nc(CCC2CCNCC2)nn1C. The number of nitrogens with zero attached hydrogens (tertiary/aromatic N) is 3. The molecule has 1 N–H and O–H groups in total. The molecule has 1 aliphatic rings. The fraction of sp³-hybridized carbons (Fsp3) is 0.818. The fourth-order valence-electron chi connectivity index (χ4n) is 2.14. The van der Waals surface area contributed by atoms with Crippen molar-refractivity contribution in [1.29, 1.82) is 0 Å². The van der Waals surface area contributed by atoms with Gasteiger partial charge in [0.1, 0.15) is 5.82 Å². The first kappa shape index (κ1) is 10.6. The van der Waals surface area contributed by atoms with E-state index in [9.17, 15) is 0 Å². The maximum atomic E-state index is 4.43. The Kier molecular flexibility index (Phi) is 3.36. The maximum Gasteiger partial charge on any atom is 0.150 e. The second kappa shape index (κ2) is 4.75. The van der Waals surface area contributed by atoms with E-state index in [1.54, 1.807) is 0 Å². The van der Waals surface area contributed by atoms with E-state index in [2.05, 4.69) is 15.4 Å². The molecule has 0 aromatic carbocycles. The lowest BCUT2D eigenvalue weighted by molar-refractivity contribution is 0.352. The average Bonchev–Trinajstić information content (AvgIpc) is 2.57. The molecule has 0 aliphatic carbocycles. The van der Waals surface area contributed by atoms with Crippen LogP contribution in [0.5, 0.6) is 0 Å². The summed E-state index contributed by atoms with van der Waals surface area (Å²) in [6.07, 6.45) is 4.90. The van der Waals surface area contributed by atoms with Crippen LogP contribution in [0.2, 0.25) is 0 Å². The average molecular weight is 208 g/mol. The van der Waals surface area contributed by atoms with Crippen molar-refractivity contribution in [3.8, 4) is 0 Å². The summed E-state index contributed by atoms with van der Waals surface area (Å²) in [5.41, 5.74) is 0. The molecule has 2 heterocycles. The molecule has 84 valence electrons. The Labute approximate surface area is 91.1 Å². The second-order valence-electron chi connectivity index (χ2n) is 4.43. The summed E-state index contributed by atoms with van der Waals surface area (Å²) in [6.45, 7) is 4.36. The maximum absolute atomic E-state index is 4.43. The smallest absolute Gasteiger partial charge is 0.150 e. The van der Waals surface area contributed by atoms with Gasteiger partial charge in [0.15, 0.2) is 5.82 Å². The van der Waals surface area contributed by atoms with Gasteiger partial charge in [0, 0.05) is 13.5 Å². The van der Waals surface area contributed by atoms with Gasteiger partial charge in [0.25, 0.3) is 0 Å². The third-order valence-electron chi connectivity index (χ3n) is 3.26. The Morgan fingerprint density at radius 3 is 2.73 bits per heavy atom. The van der Waals surface area contributed by atoms with E-state index in [1.165, 1.54) is 32.4 Å². The van der Waals surface area contributed by atoms with Crippen LogP contribution in [0, 0.1) is 12.8 Å². The van der Waals surface area contributed by atoms with Crippen molar-refractivity contribution in [3.05, 3.63) is 11.6 Å². The van der Waals surface area contributed by atoms with Crippen molar-refractivity contribution in [2.24, 2.45) is 13.0 Å². The van der Waals surface area contributed by atoms with E-state index in [0.29, 0.717) is 0 Å². The van der Waals surface area contributed by atoms with Crippen LogP contribution in [0.3, 0.4) is 0 Å². The normalized spacial score (nSPS) is 18.3. The number of aromatic nitrogens is 3. The van der Waals surface area contributed by atoms with Gasteiger partial charge in [-0.05, 0) is 45.2 Å². The molecular weight excluding hydrogens is 188 g/mol. The van der Waals surface area contributed by atoms with E-state index >= 15 is 0 Å². The van der Waals surface area contributed by atoms with Gasteiger partial charge in [-0.1, -0.05) is 0 Å². The molecule has 0 radical (unpaired) electrons. The largest absolute Gasteiger partial charge is 0.317 e. The van der Waals surface area contributed by atoms with Gasteiger partial charge in [0.2, 0.25) is 0 Å². The molecule has 1 fully saturated rings. The second-order valence-corrected chi connectivity index (χ2v) is 4.43. The number of hydrogen-bond acceptors (Lipinski definition) is 3. The zero-order chi connectivity index (χ0) is 10.7. The van der Waals surface area contributed by atoms with E-state index < -0.39 is 0 Å². The van der Waals surface area contributed by atoms with Crippen LogP contribution in [0.15, 0.2) is 0 Å². The molecule has 0 amide bonds. The van der Waals surface area contributed by atoms with Crippen molar-refractivity contribution < 1.29 is 0 Å². The third kappa shape index (κ3) is 2.78. The first-order valence-corrected chi connectivity index (χ1v) is 5.83. The van der Waals surface area contributed by atoms with Gasteiger partial charge in [-0.15, -0.1) is 0 Å². The fourth-order valence-corrected chi connectivity index (χ4v) is 2.14. The first-order valence-electron chi connectivity index (χ1n) is 5.83. The molecule has 1 aromatic heterocycles. The van der Waals surface area contributed by atoms with Crippen LogP contribution in [-0.4, -0.2) is 27.9 Å².